The summed E-state index contributed by atoms with van der Waals surface area (Å²) in [5, 5.41) is 8.29. The number of benzene rings is 1. The van der Waals surface area contributed by atoms with E-state index in [2.05, 4.69) is 52.5 Å². The molecule has 0 spiro atoms. The Kier molecular flexibility index (Phi) is 9.17. The van der Waals surface area contributed by atoms with Gasteiger partial charge in [0.1, 0.15) is 18.2 Å². The van der Waals surface area contributed by atoms with Crippen molar-refractivity contribution in [3.63, 3.8) is 0 Å². The zero-order valence-corrected chi connectivity index (χ0v) is 25.3. The van der Waals surface area contributed by atoms with Crippen LogP contribution in [0.3, 0.4) is 0 Å². The Bertz CT molecular complexity index is 1510. The third-order valence-electron chi connectivity index (χ3n) is 7.74. The highest BCUT2D eigenvalue weighted by atomic mass is 32.2. The van der Waals surface area contributed by atoms with Gasteiger partial charge in [-0.15, -0.1) is 11.3 Å². The van der Waals surface area contributed by atoms with E-state index in [1.165, 1.54) is 34.4 Å². The van der Waals surface area contributed by atoms with E-state index in [1.807, 2.05) is 13.0 Å². The van der Waals surface area contributed by atoms with Gasteiger partial charge in [-0.25, -0.2) is 15.1 Å². The van der Waals surface area contributed by atoms with Crippen LogP contribution in [0.25, 0.3) is 0 Å². The summed E-state index contributed by atoms with van der Waals surface area (Å²) in [4.78, 5) is 26.0. The topological polar surface area (TPSA) is 137 Å². The summed E-state index contributed by atoms with van der Waals surface area (Å²) in [6, 6.07) is 8.59. The van der Waals surface area contributed by atoms with Crippen LogP contribution in [0.5, 0.6) is 0 Å². The van der Waals surface area contributed by atoms with Crippen LogP contribution in [0.1, 0.15) is 67.7 Å². The molecule has 0 radical (unpaired) electrons. The largest absolute Gasteiger partial charge is 0.369 e. The fourth-order valence-corrected chi connectivity index (χ4v) is 7.18. The van der Waals surface area contributed by atoms with Gasteiger partial charge in [-0.1, -0.05) is 18.2 Å². The summed E-state index contributed by atoms with van der Waals surface area (Å²) in [5.41, 5.74) is 5.13. The molecule has 3 heterocycles. The molecule has 1 saturated carbocycles. The molecule has 3 aromatic rings. The quantitative estimate of drug-likeness (QED) is 0.315. The molecule has 1 unspecified atom stereocenters. The zero-order chi connectivity index (χ0) is 29.1. The zero-order valence-electron chi connectivity index (χ0n) is 23.6. The highest BCUT2D eigenvalue weighted by molar-refractivity contribution is 7.84. The standard InChI is InChI=1S/C29H37N5O5S2/c1-18-23(28-24-11-20(15-34(2)3)6-7-22(24)8-9-38-28)12-26(40-18)27(35)25-14-31-17-33-29(25)32-13-19-4-5-21(10-19)16-39-41(30,36)37/h6-7,11-12,14,17,19,21,28H,4-5,8-10,13,15-16H2,1-3H3,(H2,30,36,37)(H,31,32,33)/t19-,21+,28?/m0/s1. The van der Waals surface area contributed by atoms with Crippen molar-refractivity contribution in [1.29, 1.82) is 0 Å². The SMILES string of the molecule is Cc1sc(C(=O)c2cncnc2NC[C@H]2CC[C@@H](COS(N)(=O)=O)C2)cc1C1OCCc2ccc(CN(C)C)cc21. The number of aryl methyl sites for hydroxylation is 1. The minimum absolute atomic E-state index is 0.0960. The van der Waals surface area contributed by atoms with Crippen molar-refractivity contribution < 1.29 is 22.1 Å². The van der Waals surface area contributed by atoms with Crippen LogP contribution in [0.15, 0.2) is 36.8 Å². The number of anilines is 1. The van der Waals surface area contributed by atoms with Gasteiger partial charge in [0.15, 0.2) is 0 Å². The highest BCUT2D eigenvalue weighted by Gasteiger charge is 2.29. The normalized spacial score (nSPS) is 20.8. The maximum atomic E-state index is 13.7. The van der Waals surface area contributed by atoms with E-state index in [9.17, 15) is 13.2 Å². The minimum atomic E-state index is -3.93. The first-order chi connectivity index (χ1) is 19.6. The smallest absolute Gasteiger partial charge is 0.333 e. The molecule has 2 aliphatic rings. The lowest BCUT2D eigenvalue weighted by molar-refractivity contribution is 0.0696. The molecule has 1 fully saturated rings. The van der Waals surface area contributed by atoms with Crippen LogP contribution in [0.2, 0.25) is 0 Å². The van der Waals surface area contributed by atoms with Gasteiger partial charge in [-0.3, -0.25) is 8.98 Å². The number of ether oxygens (including phenoxy) is 1. The lowest BCUT2D eigenvalue weighted by Gasteiger charge is -2.27. The molecule has 3 N–H and O–H groups in total. The van der Waals surface area contributed by atoms with Gasteiger partial charge in [-0.05, 0) is 86.9 Å². The summed E-state index contributed by atoms with van der Waals surface area (Å²) in [7, 11) is 0.181. The van der Waals surface area contributed by atoms with Crippen molar-refractivity contribution >= 4 is 33.2 Å². The molecule has 1 aliphatic carbocycles. The van der Waals surface area contributed by atoms with Gasteiger partial charge in [0.25, 0.3) is 0 Å². The monoisotopic (exact) mass is 599 g/mol. The van der Waals surface area contributed by atoms with E-state index < -0.39 is 10.3 Å². The number of carbonyl (C=O) groups excluding carboxylic acids is 1. The third kappa shape index (κ3) is 7.37. The number of nitrogens with zero attached hydrogens (tertiary/aromatic N) is 3. The number of aromatic nitrogens is 2. The molecule has 2 aromatic heterocycles. The van der Waals surface area contributed by atoms with Crippen LogP contribution < -0.4 is 10.5 Å². The molecule has 10 nitrogen and oxygen atoms in total. The van der Waals surface area contributed by atoms with Gasteiger partial charge in [0.05, 0.1) is 23.7 Å². The molecule has 41 heavy (non-hydrogen) atoms. The minimum Gasteiger partial charge on any atom is -0.369 e. The Morgan fingerprint density at radius 1 is 1.22 bits per heavy atom. The Labute approximate surface area is 245 Å². The Hall–Kier alpha value is -2.74. The second kappa shape index (κ2) is 12.6. The Morgan fingerprint density at radius 2 is 2.02 bits per heavy atom. The van der Waals surface area contributed by atoms with Crippen molar-refractivity contribution in [2.45, 2.75) is 45.3 Å². The number of fused-ring (bicyclic) bond motifs is 1. The van der Waals surface area contributed by atoms with E-state index in [-0.39, 0.29) is 24.4 Å². The molecular weight excluding hydrogens is 562 g/mol. The fraction of sp³-hybridized carbons (Fsp3) is 0.483. The van der Waals surface area contributed by atoms with E-state index >= 15 is 0 Å². The molecule has 220 valence electrons. The van der Waals surface area contributed by atoms with Crippen molar-refractivity contribution in [3.05, 3.63) is 74.4 Å². The Morgan fingerprint density at radius 3 is 2.80 bits per heavy atom. The number of nitrogens with two attached hydrogens (primary N) is 1. The molecule has 1 aromatic carbocycles. The molecule has 5 rings (SSSR count). The van der Waals surface area contributed by atoms with Crippen LogP contribution in [-0.2, 0) is 32.2 Å². The van der Waals surface area contributed by atoms with E-state index in [0.717, 1.165) is 42.7 Å². The first kappa shape index (κ1) is 29.7. The average molecular weight is 600 g/mol. The number of nitrogens with one attached hydrogen (secondary N) is 1. The van der Waals surface area contributed by atoms with Crippen LogP contribution >= 0.6 is 11.3 Å². The first-order valence-electron chi connectivity index (χ1n) is 13.8. The van der Waals surface area contributed by atoms with Gasteiger partial charge in [0.2, 0.25) is 5.78 Å². The molecule has 0 saturated heterocycles. The summed E-state index contributed by atoms with van der Waals surface area (Å²) in [6.07, 6.45) is 6.24. The van der Waals surface area contributed by atoms with Crippen molar-refractivity contribution in [2.75, 3.05) is 39.2 Å². The van der Waals surface area contributed by atoms with E-state index in [1.54, 1.807) is 6.20 Å². The summed E-state index contributed by atoms with van der Waals surface area (Å²) in [6.45, 7) is 4.23. The molecule has 1 aliphatic heterocycles. The highest BCUT2D eigenvalue weighted by Crippen LogP contribution is 2.39. The van der Waals surface area contributed by atoms with Crippen molar-refractivity contribution in [3.8, 4) is 0 Å². The number of ketones is 1. The Balaban J connectivity index is 1.30. The predicted octanol–water partition coefficient (Wildman–Crippen LogP) is 3.85. The van der Waals surface area contributed by atoms with Gasteiger partial charge in [0, 0.05) is 24.2 Å². The number of rotatable bonds is 11. The fourth-order valence-electron chi connectivity index (χ4n) is 5.80. The summed E-state index contributed by atoms with van der Waals surface area (Å²) >= 11 is 1.47. The number of hydrogen-bond acceptors (Lipinski definition) is 10. The van der Waals surface area contributed by atoms with Gasteiger partial charge < -0.3 is 15.0 Å². The van der Waals surface area contributed by atoms with Gasteiger partial charge in [-0.2, -0.15) is 8.42 Å². The third-order valence-corrected chi connectivity index (χ3v) is 9.27. The van der Waals surface area contributed by atoms with E-state index in [4.69, 9.17) is 14.1 Å². The maximum absolute atomic E-state index is 13.7. The lowest BCUT2D eigenvalue weighted by Crippen LogP contribution is -2.20. The number of hydrogen-bond donors (Lipinski definition) is 2. The molecule has 12 heteroatoms. The van der Waals surface area contributed by atoms with Crippen molar-refractivity contribution in [1.82, 2.24) is 14.9 Å². The summed E-state index contributed by atoms with van der Waals surface area (Å²) in [5.74, 6) is 0.800. The first-order valence-corrected chi connectivity index (χ1v) is 16.1. The maximum Gasteiger partial charge on any atom is 0.333 e. The summed E-state index contributed by atoms with van der Waals surface area (Å²) < 4.78 is 33.3. The van der Waals surface area contributed by atoms with E-state index in [0.29, 0.717) is 35.3 Å². The predicted molar refractivity (Wildman–Crippen MR) is 158 cm³/mol. The number of carbonyl (C=O) groups is 1. The molecule has 0 amide bonds. The van der Waals surface area contributed by atoms with Crippen molar-refractivity contribution in [2.24, 2.45) is 17.0 Å². The van der Waals surface area contributed by atoms with Crippen LogP contribution in [0.4, 0.5) is 5.82 Å². The second-order valence-electron chi connectivity index (χ2n) is 11.2. The van der Waals surface area contributed by atoms with Crippen LogP contribution in [0, 0.1) is 18.8 Å². The molecule has 3 atom stereocenters. The second-order valence-corrected chi connectivity index (χ2v) is 13.7. The average Bonchev–Trinajstić information content (AvgIpc) is 3.56. The lowest BCUT2D eigenvalue weighted by atomic mass is 9.91. The van der Waals surface area contributed by atoms with Gasteiger partial charge >= 0.3 is 10.3 Å². The molecular formula is C29H37N5O5S2. The van der Waals surface area contributed by atoms with Crippen LogP contribution in [-0.4, -0.2) is 62.9 Å². The molecule has 0 bridgehead atoms. The number of thiophene rings is 1.